The summed E-state index contributed by atoms with van der Waals surface area (Å²) < 4.78 is 0. The summed E-state index contributed by atoms with van der Waals surface area (Å²) in [5.41, 5.74) is 2.05. The second-order valence-corrected chi connectivity index (χ2v) is 3.65. The molecule has 0 aliphatic carbocycles. The van der Waals surface area contributed by atoms with Crippen LogP contribution in [0.1, 0.15) is 12.0 Å². The molecule has 0 unspecified atom stereocenters. The number of benzene rings is 1. The van der Waals surface area contributed by atoms with E-state index in [0.717, 1.165) is 5.69 Å². The highest BCUT2D eigenvalue weighted by molar-refractivity contribution is 9.09. The normalized spacial score (nSPS) is 9.69. The Morgan fingerprint density at radius 3 is 2.54 bits per heavy atom. The van der Waals surface area contributed by atoms with E-state index >= 15 is 0 Å². The molecule has 0 aromatic heterocycles. The topological polar surface area (TPSA) is 29.1 Å². The SMILES string of the molecule is Cc1ccc(NC(=O)CCBr)cc1. The van der Waals surface area contributed by atoms with Gasteiger partial charge in [-0.15, -0.1) is 0 Å². The second-order valence-electron chi connectivity index (χ2n) is 2.85. The van der Waals surface area contributed by atoms with E-state index in [2.05, 4.69) is 21.2 Å². The van der Waals surface area contributed by atoms with Crippen molar-refractivity contribution in [1.82, 2.24) is 0 Å². The summed E-state index contributed by atoms with van der Waals surface area (Å²) >= 11 is 3.21. The molecular weight excluding hydrogens is 230 g/mol. The van der Waals surface area contributed by atoms with Gasteiger partial charge in [0.2, 0.25) is 5.91 Å². The van der Waals surface area contributed by atoms with Crippen molar-refractivity contribution in [2.24, 2.45) is 0 Å². The molecule has 1 aromatic rings. The van der Waals surface area contributed by atoms with Crippen LogP contribution in [-0.2, 0) is 4.79 Å². The molecule has 13 heavy (non-hydrogen) atoms. The summed E-state index contributed by atoms with van der Waals surface area (Å²) in [6.45, 7) is 2.02. The van der Waals surface area contributed by atoms with Gasteiger partial charge >= 0.3 is 0 Å². The monoisotopic (exact) mass is 241 g/mol. The molecule has 0 saturated heterocycles. The van der Waals surface area contributed by atoms with Crippen molar-refractivity contribution in [3.05, 3.63) is 29.8 Å². The van der Waals surface area contributed by atoms with Crippen LogP contribution in [0.3, 0.4) is 0 Å². The van der Waals surface area contributed by atoms with E-state index in [1.165, 1.54) is 5.56 Å². The van der Waals surface area contributed by atoms with E-state index < -0.39 is 0 Å². The maximum atomic E-state index is 11.2. The average Bonchev–Trinajstić information content (AvgIpc) is 2.09. The molecule has 1 amide bonds. The fourth-order valence-corrected chi connectivity index (χ4v) is 1.31. The summed E-state index contributed by atoms with van der Waals surface area (Å²) in [6, 6.07) is 7.76. The number of amides is 1. The predicted octanol–water partition coefficient (Wildman–Crippen LogP) is 2.72. The zero-order chi connectivity index (χ0) is 9.68. The molecule has 0 heterocycles. The first-order valence-corrected chi connectivity index (χ1v) is 5.27. The first-order valence-electron chi connectivity index (χ1n) is 4.15. The fraction of sp³-hybridized carbons (Fsp3) is 0.300. The van der Waals surface area contributed by atoms with E-state index in [9.17, 15) is 4.79 Å². The zero-order valence-electron chi connectivity index (χ0n) is 7.51. The van der Waals surface area contributed by atoms with Crippen LogP contribution in [0.15, 0.2) is 24.3 Å². The third-order valence-corrected chi connectivity index (χ3v) is 2.05. The molecule has 0 bridgehead atoms. The number of hydrogen-bond acceptors (Lipinski definition) is 1. The van der Waals surface area contributed by atoms with Crippen molar-refractivity contribution in [2.45, 2.75) is 13.3 Å². The minimum Gasteiger partial charge on any atom is -0.326 e. The van der Waals surface area contributed by atoms with Gasteiger partial charge in [0, 0.05) is 17.4 Å². The summed E-state index contributed by atoms with van der Waals surface area (Å²) in [6.07, 6.45) is 0.508. The minimum atomic E-state index is 0.0423. The molecule has 0 atom stereocenters. The van der Waals surface area contributed by atoms with Crippen molar-refractivity contribution in [2.75, 3.05) is 10.6 Å². The van der Waals surface area contributed by atoms with E-state index in [-0.39, 0.29) is 5.91 Å². The lowest BCUT2D eigenvalue weighted by atomic mass is 10.2. The second kappa shape index (κ2) is 5.02. The van der Waals surface area contributed by atoms with Crippen LogP contribution in [0.25, 0.3) is 0 Å². The third-order valence-electron chi connectivity index (χ3n) is 1.66. The number of hydrogen-bond donors (Lipinski definition) is 1. The molecule has 0 aliphatic heterocycles. The van der Waals surface area contributed by atoms with Gasteiger partial charge in [-0.2, -0.15) is 0 Å². The Hall–Kier alpha value is -0.830. The highest BCUT2D eigenvalue weighted by atomic mass is 79.9. The highest BCUT2D eigenvalue weighted by Crippen LogP contribution is 2.08. The minimum absolute atomic E-state index is 0.0423. The van der Waals surface area contributed by atoms with Crippen LogP contribution in [0.4, 0.5) is 5.69 Å². The Balaban J connectivity index is 2.54. The van der Waals surface area contributed by atoms with Gasteiger partial charge in [0.1, 0.15) is 0 Å². The smallest absolute Gasteiger partial charge is 0.225 e. The third kappa shape index (κ3) is 3.59. The molecule has 0 aliphatic rings. The molecule has 0 radical (unpaired) electrons. The van der Waals surface area contributed by atoms with Gasteiger partial charge in [0.15, 0.2) is 0 Å². The first kappa shape index (κ1) is 10.3. The van der Waals surface area contributed by atoms with E-state index in [1.807, 2.05) is 31.2 Å². The Bertz CT molecular complexity index is 281. The molecule has 1 rings (SSSR count). The Morgan fingerprint density at radius 2 is 2.00 bits per heavy atom. The lowest BCUT2D eigenvalue weighted by Gasteiger charge is -2.03. The summed E-state index contributed by atoms with van der Waals surface area (Å²) in [5, 5.41) is 3.50. The number of halogens is 1. The van der Waals surface area contributed by atoms with E-state index in [1.54, 1.807) is 0 Å². The molecule has 70 valence electrons. The number of nitrogens with one attached hydrogen (secondary N) is 1. The van der Waals surface area contributed by atoms with Crippen LogP contribution in [-0.4, -0.2) is 11.2 Å². The lowest BCUT2D eigenvalue weighted by molar-refractivity contribution is -0.115. The van der Waals surface area contributed by atoms with Gasteiger partial charge in [-0.1, -0.05) is 33.6 Å². The quantitative estimate of drug-likeness (QED) is 0.811. The Labute approximate surface area is 86.5 Å². The van der Waals surface area contributed by atoms with Gasteiger partial charge in [-0.25, -0.2) is 0 Å². The fourth-order valence-electron chi connectivity index (χ4n) is 0.946. The molecular formula is C10H12BrNO. The molecule has 2 nitrogen and oxygen atoms in total. The standard InChI is InChI=1S/C10H12BrNO/c1-8-2-4-9(5-3-8)12-10(13)6-7-11/h2-5H,6-7H2,1H3,(H,12,13). The van der Waals surface area contributed by atoms with Gasteiger partial charge in [0.25, 0.3) is 0 Å². The molecule has 1 aromatic carbocycles. The van der Waals surface area contributed by atoms with Gasteiger partial charge in [-0.05, 0) is 19.1 Å². The molecule has 0 fully saturated rings. The maximum Gasteiger partial charge on any atom is 0.225 e. The van der Waals surface area contributed by atoms with Crippen molar-refractivity contribution >= 4 is 27.5 Å². The number of rotatable bonds is 3. The molecule has 1 N–H and O–H groups in total. The largest absolute Gasteiger partial charge is 0.326 e. The van der Waals surface area contributed by atoms with Crippen molar-refractivity contribution in [1.29, 1.82) is 0 Å². The van der Waals surface area contributed by atoms with Crippen molar-refractivity contribution in [3.63, 3.8) is 0 Å². The van der Waals surface area contributed by atoms with Crippen LogP contribution < -0.4 is 5.32 Å². The summed E-state index contributed by atoms with van der Waals surface area (Å²) in [5.74, 6) is 0.0423. The van der Waals surface area contributed by atoms with Crippen LogP contribution >= 0.6 is 15.9 Å². The van der Waals surface area contributed by atoms with Gasteiger partial charge < -0.3 is 5.32 Å². The number of anilines is 1. The van der Waals surface area contributed by atoms with Crippen molar-refractivity contribution < 1.29 is 4.79 Å². The lowest BCUT2D eigenvalue weighted by Crippen LogP contribution is -2.11. The van der Waals surface area contributed by atoms with E-state index in [0.29, 0.717) is 11.8 Å². The van der Waals surface area contributed by atoms with Crippen LogP contribution in [0, 0.1) is 6.92 Å². The maximum absolute atomic E-state index is 11.2. The zero-order valence-corrected chi connectivity index (χ0v) is 9.10. The van der Waals surface area contributed by atoms with E-state index in [4.69, 9.17) is 0 Å². The van der Waals surface area contributed by atoms with Crippen molar-refractivity contribution in [3.8, 4) is 0 Å². The number of carbonyl (C=O) groups excluding carboxylic acids is 1. The average molecular weight is 242 g/mol. The number of aryl methyl sites for hydroxylation is 1. The first-order chi connectivity index (χ1) is 6.22. The predicted molar refractivity (Wildman–Crippen MR) is 58.2 cm³/mol. The number of alkyl halides is 1. The highest BCUT2D eigenvalue weighted by Gasteiger charge is 1.99. The Morgan fingerprint density at radius 1 is 1.38 bits per heavy atom. The van der Waals surface area contributed by atoms with Gasteiger partial charge in [0.05, 0.1) is 0 Å². The molecule has 0 spiro atoms. The Kier molecular flexibility index (Phi) is 3.96. The van der Waals surface area contributed by atoms with Crippen LogP contribution in [0.2, 0.25) is 0 Å². The molecule has 0 saturated carbocycles. The summed E-state index contributed by atoms with van der Waals surface area (Å²) in [4.78, 5) is 11.2. The summed E-state index contributed by atoms with van der Waals surface area (Å²) in [7, 11) is 0. The number of carbonyl (C=O) groups is 1. The van der Waals surface area contributed by atoms with Crippen LogP contribution in [0.5, 0.6) is 0 Å². The van der Waals surface area contributed by atoms with Gasteiger partial charge in [-0.3, -0.25) is 4.79 Å². The molecule has 3 heteroatoms.